The van der Waals surface area contributed by atoms with E-state index in [1.807, 2.05) is 0 Å². The molecular weight excluding hydrogens is 436 g/mol. The maximum absolute atomic E-state index is 11.8. The van der Waals surface area contributed by atoms with Gasteiger partial charge in [-0.1, -0.05) is 34.6 Å². The van der Waals surface area contributed by atoms with Gasteiger partial charge >= 0.3 is 5.97 Å². The highest BCUT2D eigenvalue weighted by molar-refractivity contribution is 5.69. The monoisotopic (exact) mass is 490 g/mol. The predicted octanol–water partition coefficient (Wildman–Crippen LogP) is 5.16. The van der Waals surface area contributed by atoms with Crippen LogP contribution >= 0.6 is 0 Å². The van der Waals surface area contributed by atoms with Crippen molar-refractivity contribution in [2.24, 2.45) is 46.3 Å². The number of ether oxygens (including phenoxy) is 1. The molecule has 0 aliphatic heterocycles. The third-order valence-corrected chi connectivity index (χ3v) is 11.6. The molecular formula is C30H54N2O3. The zero-order valence-electron chi connectivity index (χ0n) is 23.4. The number of aliphatic hydroxyl groups excluding tert-OH is 1. The first-order valence-corrected chi connectivity index (χ1v) is 14.8. The van der Waals surface area contributed by atoms with Crippen LogP contribution in [0.25, 0.3) is 0 Å². The van der Waals surface area contributed by atoms with Crippen LogP contribution in [0.3, 0.4) is 0 Å². The molecule has 0 saturated heterocycles. The van der Waals surface area contributed by atoms with E-state index in [1.54, 1.807) is 0 Å². The molecule has 4 fully saturated rings. The van der Waals surface area contributed by atoms with E-state index in [0.29, 0.717) is 47.6 Å². The third-order valence-electron chi connectivity index (χ3n) is 11.6. The minimum Gasteiger partial charge on any atom is -0.469 e. The van der Waals surface area contributed by atoms with Crippen LogP contribution in [0.5, 0.6) is 0 Å². The molecule has 0 heterocycles. The maximum atomic E-state index is 11.8. The van der Waals surface area contributed by atoms with Crippen LogP contribution in [0.4, 0.5) is 0 Å². The molecule has 0 amide bonds. The molecule has 202 valence electrons. The van der Waals surface area contributed by atoms with Gasteiger partial charge in [0, 0.05) is 31.6 Å². The zero-order chi connectivity index (χ0) is 25.4. The summed E-state index contributed by atoms with van der Waals surface area (Å²) in [6.45, 7) is 13.9. The van der Waals surface area contributed by atoms with Gasteiger partial charge in [0.05, 0.1) is 13.2 Å². The molecule has 0 aromatic carbocycles. The average molecular weight is 491 g/mol. The molecule has 4 aliphatic rings. The SMILES string of the molecule is COC(=O)CC[C@@H](C)[C@H]1CCC2C3C[C@@H](O)[C@@H]4C[C@@H](NCCNC(C)C)CC[C@]4(C)C3CC[C@@]21C. The minimum absolute atomic E-state index is 0.0732. The van der Waals surface area contributed by atoms with Gasteiger partial charge in [-0.15, -0.1) is 0 Å². The summed E-state index contributed by atoms with van der Waals surface area (Å²) in [6.07, 6.45) is 11.2. The molecule has 0 bridgehead atoms. The maximum Gasteiger partial charge on any atom is 0.305 e. The Morgan fingerprint density at radius 1 is 0.971 bits per heavy atom. The Morgan fingerprint density at radius 2 is 1.69 bits per heavy atom. The van der Waals surface area contributed by atoms with Crippen LogP contribution in [0, 0.1) is 46.3 Å². The summed E-state index contributed by atoms with van der Waals surface area (Å²) >= 11 is 0. The Hall–Kier alpha value is -0.650. The van der Waals surface area contributed by atoms with E-state index in [-0.39, 0.29) is 17.5 Å². The fourth-order valence-electron chi connectivity index (χ4n) is 9.75. The summed E-state index contributed by atoms with van der Waals surface area (Å²) in [5.74, 6) is 3.79. The second-order valence-corrected chi connectivity index (χ2v) is 13.6. The topological polar surface area (TPSA) is 70.6 Å². The lowest BCUT2D eigenvalue weighted by Gasteiger charge is -2.62. The van der Waals surface area contributed by atoms with E-state index in [0.717, 1.165) is 44.2 Å². The van der Waals surface area contributed by atoms with Gasteiger partial charge in [0.2, 0.25) is 0 Å². The van der Waals surface area contributed by atoms with Crippen molar-refractivity contribution in [3.05, 3.63) is 0 Å². The van der Waals surface area contributed by atoms with E-state index >= 15 is 0 Å². The molecule has 3 unspecified atom stereocenters. The quantitative estimate of drug-likeness (QED) is 0.308. The van der Waals surface area contributed by atoms with Crippen LogP contribution in [0.15, 0.2) is 0 Å². The van der Waals surface area contributed by atoms with Crippen LogP contribution < -0.4 is 10.6 Å². The van der Waals surface area contributed by atoms with Gasteiger partial charge in [0.1, 0.15) is 0 Å². The van der Waals surface area contributed by atoms with Crippen molar-refractivity contribution in [2.75, 3.05) is 20.2 Å². The number of methoxy groups -OCH3 is 1. The van der Waals surface area contributed by atoms with Gasteiger partial charge in [-0.2, -0.15) is 0 Å². The molecule has 0 aromatic heterocycles. The molecule has 0 radical (unpaired) electrons. The van der Waals surface area contributed by atoms with Crippen LogP contribution in [-0.4, -0.2) is 49.5 Å². The number of hydrogen-bond donors (Lipinski definition) is 3. The number of carbonyl (C=O) groups is 1. The smallest absolute Gasteiger partial charge is 0.305 e. The number of hydrogen-bond acceptors (Lipinski definition) is 5. The first kappa shape index (κ1) is 27.4. The van der Waals surface area contributed by atoms with Crippen molar-refractivity contribution in [3.63, 3.8) is 0 Å². The van der Waals surface area contributed by atoms with Crippen molar-refractivity contribution in [2.45, 2.75) is 117 Å². The summed E-state index contributed by atoms with van der Waals surface area (Å²) in [7, 11) is 1.50. The summed E-state index contributed by atoms with van der Waals surface area (Å²) in [6, 6.07) is 1.08. The molecule has 10 atom stereocenters. The number of fused-ring (bicyclic) bond motifs is 5. The van der Waals surface area contributed by atoms with Crippen molar-refractivity contribution < 1.29 is 14.6 Å². The summed E-state index contributed by atoms with van der Waals surface area (Å²) in [5, 5.41) is 18.8. The number of carbonyl (C=O) groups excluding carboxylic acids is 1. The van der Waals surface area contributed by atoms with Gasteiger partial charge in [-0.3, -0.25) is 4.79 Å². The number of rotatable bonds is 9. The van der Waals surface area contributed by atoms with Gasteiger partial charge in [-0.05, 0) is 104 Å². The molecule has 5 heteroatoms. The number of nitrogens with one attached hydrogen (secondary N) is 2. The lowest BCUT2D eigenvalue weighted by atomic mass is 9.43. The average Bonchev–Trinajstić information content (AvgIpc) is 3.18. The first-order chi connectivity index (χ1) is 16.6. The van der Waals surface area contributed by atoms with Crippen LogP contribution in [0.2, 0.25) is 0 Å². The third kappa shape index (κ3) is 5.34. The Morgan fingerprint density at radius 3 is 2.40 bits per heavy atom. The lowest BCUT2D eigenvalue weighted by Crippen LogP contribution is -2.59. The molecule has 0 aromatic rings. The van der Waals surface area contributed by atoms with Crippen molar-refractivity contribution >= 4 is 5.97 Å². The fraction of sp³-hybridized carbons (Fsp3) is 0.967. The molecule has 4 rings (SSSR count). The molecule has 4 aliphatic carbocycles. The molecule has 5 nitrogen and oxygen atoms in total. The largest absolute Gasteiger partial charge is 0.469 e. The summed E-state index contributed by atoms with van der Waals surface area (Å²) in [5.41, 5.74) is 0.647. The molecule has 35 heavy (non-hydrogen) atoms. The molecule has 0 spiro atoms. The van der Waals surface area contributed by atoms with Crippen molar-refractivity contribution in [3.8, 4) is 0 Å². The van der Waals surface area contributed by atoms with E-state index < -0.39 is 0 Å². The van der Waals surface area contributed by atoms with Gasteiger partial charge in [0.15, 0.2) is 0 Å². The van der Waals surface area contributed by atoms with E-state index in [2.05, 4.69) is 45.3 Å². The van der Waals surface area contributed by atoms with E-state index in [4.69, 9.17) is 4.74 Å². The number of esters is 1. The summed E-state index contributed by atoms with van der Waals surface area (Å²) < 4.78 is 4.91. The molecule has 3 N–H and O–H groups in total. The second-order valence-electron chi connectivity index (χ2n) is 13.6. The second kappa shape index (κ2) is 11.0. The van der Waals surface area contributed by atoms with Crippen molar-refractivity contribution in [1.82, 2.24) is 10.6 Å². The summed E-state index contributed by atoms with van der Waals surface area (Å²) in [4.78, 5) is 11.8. The highest BCUT2D eigenvalue weighted by atomic mass is 16.5. The minimum atomic E-state index is -0.155. The Balaban J connectivity index is 1.40. The fourth-order valence-corrected chi connectivity index (χ4v) is 9.75. The standard InChI is InChI=1S/C30H54N2O3/c1-19(2)31-15-16-32-21-11-13-30(5)25-12-14-29(4)23(20(3)7-10-28(34)35-6)8-9-24(29)22(25)18-27(33)26(30)17-21/h19-27,31-33H,7-18H2,1-6H3/t20-,21+,22?,23-,24?,25?,26+,27-,29-,30-/m1/s1. The predicted molar refractivity (Wildman–Crippen MR) is 142 cm³/mol. The van der Waals surface area contributed by atoms with E-state index in [9.17, 15) is 9.90 Å². The Bertz CT molecular complexity index is 728. The Kier molecular flexibility index (Phi) is 8.60. The lowest BCUT2D eigenvalue weighted by molar-refractivity contribution is -0.162. The van der Waals surface area contributed by atoms with Gasteiger partial charge in [0.25, 0.3) is 0 Å². The van der Waals surface area contributed by atoms with Gasteiger partial charge in [-0.25, -0.2) is 0 Å². The Labute approximate surface area is 214 Å². The zero-order valence-corrected chi connectivity index (χ0v) is 23.4. The number of aliphatic hydroxyl groups is 1. The van der Waals surface area contributed by atoms with Crippen LogP contribution in [-0.2, 0) is 9.53 Å². The highest BCUT2D eigenvalue weighted by Gasteiger charge is 2.62. The van der Waals surface area contributed by atoms with Crippen molar-refractivity contribution in [1.29, 1.82) is 0 Å². The first-order valence-electron chi connectivity index (χ1n) is 14.8. The van der Waals surface area contributed by atoms with E-state index in [1.165, 1.54) is 45.6 Å². The van der Waals surface area contributed by atoms with Gasteiger partial charge < -0.3 is 20.5 Å². The normalized spacial score (nSPS) is 43.8. The highest BCUT2D eigenvalue weighted by Crippen LogP contribution is 2.68. The molecule has 4 saturated carbocycles. The van der Waals surface area contributed by atoms with Crippen LogP contribution in [0.1, 0.15) is 98.8 Å².